The van der Waals surface area contributed by atoms with Gasteiger partial charge in [0.1, 0.15) is 0 Å². The molecule has 0 radical (unpaired) electrons. The van der Waals surface area contributed by atoms with Gasteiger partial charge in [-0.05, 0) is 42.7 Å². The number of hydrogen-bond donors (Lipinski definition) is 2. The normalized spacial score (nSPS) is 13.1. The molecule has 0 spiro atoms. The molecule has 0 aliphatic carbocycles. The van der Waals surface area contributed by atoms with Gasteiger partial charge in [-0.2, -0.15) is 0 Å². The lowest BCUT2D eigenvalue weighted by molar-refractivity contribution is -0.117. The van der Waals surface area contributed by atoms with Gasteiger partial charge in [-0.3, -0.25) is 14.4 Å². The molecule has 1 aliphatic rings. The standard InChI is InChI=1S/C26H25N3O3/c30-24-15-8-18-29(24)23-14-7-5-12-21(23)26(32)28-22-13-6-4-11-20(22)25(31)27-17-16-19-9-2-1-3-10-19/h1-7,9-14H,8,15-18H2,(H,27,31)(H,28,32). The summed E-state index contributed by atoms with van der Waals surface area (Å²) in [5.74, 6) is -0.590. The first-order valence-corrected chi connectivity index (χ1v) is 10.8. The fourth-order valence-corrected chi connectivity index (χ4v) is 3.84. The van der Waals surface area contributed by atoms with Gasteiger partial charge in [0.2, 0.25) is 5.91 Å². The smallest absolute Gasteiger partial charge is 0.257 e. The van der Waals surface area contributed by atoms with Crippen molar-refractivity contribution in [3.05, 3.63) is 95.6 Å². The number of amides is 3. The fourth-order valence-electron chi connectivity index (χ4n) is 3.84. The summed E-state index contributed by atoms with van der Waals surface area (Å²) in [5.41, 5.74) is 2.96. The number of rotatable bonds is 7. The Hall–Kier alpha value is -3.93. The maximum absolute atomic E-state index is 13.1. The Labute approximate surface area is 187 Å². The molecule has 1 heterocycles. The molecule has 1 fully saturated rings. The number of nitrogens with zero attached hydrogens (tertiary/aromatic N) is 1. The molecule has 3 aromatic carbocycles. The molecule has 6 heteroatoms. The number of anilines is 2. The minimum atomic E-state index is -0.357. The van der Waals surface area contributed by atoms with Crippen LogP contribution < -0.4 is 15.5 Å². The topological polar surface area (TPSA) is 78.5 Å². The summed E-state index contributed by atoms with van der Waals surface area (Å²) in [7, 11) is 0. The molecule has 3 aromatic rings. The van der Waals surface area contributed by atoms with Gasteiger partial charge < -0.3 is 15.5 Å². The van der Waals surface area contributed by atoms with Crippen molar-refractivity contribution in [3.8, 4) is 0 Å². The Morgan fingerprint density at radius 1 is 0.812 bits per heavy atom. The Balaban J connectivity index is 1.47. The molecule has 2 N–H and O–H groups in total. The van der Waals surface area contributed by atoms with Crippen LogP contribution in [0.15, 0.2) is 78.9 Å². The third-order valence-electron chi connectivity index (χ3n) is 5.47. The second-order valence-electron chi connectivity index (χ2n) is 7.66. The second kappa shape index (κ2) is 9.92. The summed E-state index contributed by atoms with van der Waals surface area (Å²) in [6.45, 7) is 1.09. The Kier molecular flexibility index (Phi) is 6.60. The van der Waals surface area contributed by atoms with Gasteiger partial charge in [0.05, 0.1) is 22.5 Å². The number of carbonyl (C=O) groups is 3. The number of para-hydroxylation sites is 2. The number of hydrogen-bond acceptors (Lipinski definition) is 3. The van der Waals surface area contributed by atoms with Crippen LogP contribution in [0.1, 0.15) is 39.1 Å². The van der Waals surface area contributed by atoms with Gasteiger partial charge in [-0.1, -0.05) is 54.6 Å². The van der Waals surface area contributed by atoms with Crippen molar-refractivity contribution in [1.29, 1.82) is 0 Å². The number of nitrogens with one attached hydrogen (secondary N) is 2. The van der Waals surface area contributed by atoms with Crippen molar-refractivity contribution < 1.29 is 14.4 Å². The molecule has 3 amide bonds. The van der Waals surface area contributed by atoms with Crippen molar-refractivity contribution >= 4 is 29.1 Å². The van der Waals surface area contributed by atoms with E-state index in [2.05, 4.69) is 10.6 Å². The van der Waals surface area contributed by atoms with Crippen molar-refractivity contribution in [2.24, 2.45) is 0 Å². The van der Waals surface area contributed by atoms with E-state index in [1.54, 1.807) is 47.4 Å². The maximum Gasteiger partial charge on any atom is 0.257 e. The van der Waals surface area contributed by atoms with Gasteiger partial charge in [-0.25, -0.2) is 0 Å². The quantitative estimate of drug-likeness (QED) is 0.597. The lowest BCUT2D eigenvalue weighted by Crippen LogP contribution is -2.28. The van der Waals surface area contributed by atoms with Crippen molar-refractivity contribution in [2.45, 2.75) is 19.3 Å². The van der Waals surface area contributed by atoms with Crippen LogP contribution in [0.5, 0.6) is 0 Å². The zero-order chi connectivity index (χ0) is 22.3. The SMILES string of the molecule is O=C(NCCc1ccccc1)c1ccccc1NC(=O)c1ccccc1N1CCCC1=O. The molecule has 162 valence electrons. The minimum Gasteiger partial charge on any atom is -0.352 e. The van der Waals surface area contributed by atoms with Crippen molar-refractivity contribution in [1.82, 2.24) is 5.32 Å². The van der Waals surface area contributed by atoms with Crippen LogP contribution in [-0.4, -0.2) is 30.8 Å². The first-order chi connectivity index (χ1) is 15.6. The summed E-state index contributed by atoms with van der Waals surface area (Å²) >= 11 is 0. The molecule has 0 unspecified atom stereocenters. The molecule has 32 heavy (non-hydrogen) atoms. The van der Waals surface area contributed by atoms with Crippen LogP contribution in [0, 0.1) is 0 Å². The molecule has 1 aliphatic heterocycles. The van der Waals surface area contributed by atoms with Gasteiger partial charge >= 0.3 is 0 Å². The lowest BCUT2D eigenvalue weighted by atomic mass is 10.1. The van der Waals surface area contributed by atoms with Crippen LogP contribution in [0.25, 0.3) is 0 Å². The van der Waals surface area contributed by atoms with E-state index in [4.69, 9.17) is 0 Å². The van der Waals surface area contributed by atoms with E-state index in [-0.39, 0.29) is 17.7 Å². The van der Waals surface area contributed by atoms with E-state index in [1.165, 1.54) is 0 Å². The van der Waals surface area contributed by atoms with E-state index in [9.17, 15) is 14.4 Å². The van der Waals surface area contributed by atoms with Gasteiger partial charge in [-0.15, -0.1) is 0 Å². The number of carbonyl (C=O) groups excluding carboxylic acids is 3. The van der Waals surface area contributed by atoms with Crippen LogP contribution in [0.2, 0.25) is 0 Å². The van der Waals surface area contributed by atoms with Gasteiger partial charge in [0.15, 0.2) is 0 Å². The van der Waals surface area contributed by atoms with Crippen LogP contribution in [0.4, 0.5) is 11.4 Å². The predicted octanol–water partition coefficient (Wildman–Crippen LogP) is 4.04. The highest BCUT2D eigenvalue weighted by atomic mass is 16.2. The lowest BCUT2D eigenvalue weighted by Gasteiger charge is -2.19. The highest BCUT2D eigenvalue weighted by Crippen LogP contribution is 2.26. The molecule has 4 rings (SSSR count). The Morgan fingerprint density at radius 2 is 1.50 bits per heavy atom. The highest BCUT2D eigenvalue weighted by Gasteiger charge is 2.26. The summed E-state index contributed by atoms with van der Waals surface area (Å²) in [5, 5.41) is 5.78. The molecule has 1 saturated heterocycles. The average molecular weight is 428 g/mol. The minimum absolute atomic E-state index is 0.0171. The highest BCUT2D eigenvalue weighted by molar-refractivity contribution is 6.13. The van der Waals surface area contributed by atoms with Crippen molar-refractivity contribution in [2.75, 3.05) is 23.3 Å². The zero-order valence-electron chi connectivity index (χ0n) is 17.7. The summed E-state index contributed by atoms with van der Waals surface area (Å²) < 4.78 is 0. The fraction of sp³-hybridized carbons (Fsp3) is 0.192. The van der Waals surface area contributed by atoms with Crippen LogP contribution in [0.3, 0.4) is 0 Å². The first kappa shape index (κ1) is 21.3. The summed E-state index contributed by atoms with van der Waals surface area (Å²) in [6, 6.07) is 23.9. The summed E-state index contributed by atoms with van der Waals surface area (Å²) in [6.07, 6.45) is 1.99. The third-order valence-corrected chi connectivity index (χ3v) is 5.47. The molecule has 0 aromatic heterocycles. The molecule has 0 atom stereocenters. The average Bonchev–Trinajstić information content (AvgIpc) is 3.25. The van der Waals surface area contributed by atoms with E-state index >= 15 is 0 Å². The molecule has 0 bridgehead atoms. The van der Waals surface area contributed by atoms with Gasteiger partial charge in [0, 0.05) is 19.5 Å². The van der Waals surface area contributed by atoms with Gasteiger partial charge in [0.25, 0.3) is 11.8 Å². The van der Waals surface area contributed by atoms with E-state index in [0.717, 1.165) is 18.4 Å². The predicted molar refractivity (Wildman–Crippen MR) is 125 cm³/mol. The third kappa shape index (κ3) is 4.86. The molecule has 0 saturated carbocycles. The van der Waals surface area contributed by atoms with E-state index in [0.29, 0.717) is 42.0 Å². The largest absolute Gasteiger partial charge is 0.352 e. The van der Waals surface area contributed by atoms with Crippen molar-refractivity contribution in [3.63, 3.8) is 0 Å². The summed E-state index contributed by atoms with van der Waals surface area (Å²) in [4.78, 5) is 39.7. The first-order valence-electron chi connectivity index (χ1n) is 10.8. The molecule has 6 nitrogen and oxygen atoms in total. The Bertz CT molecular complexity index is 1130. The second-order valence-corrected chi connectivity index (χ2v) is 7.66. The van der Waals surface area contributed by atoms with E-state index < -0.39 is 0 Å². The Morgan fingerprint density at radius 3 is 2.25 bits per heavy atom. The van der Waals surface area contributed by atoms with Crippen LogP contribution >= 0.6 is 0 Å². The monoisotopic (exact) mass is 427 g/mol. The zero-order valence-corrected chi connectivity index (χ0v) is 17.7. The van der Waals surface area contributed by atoms with Crippen LogP contribution in [-0.2, 0) is 11.2 Å². The molecular weight excluding hydrogens is 402 g/mol. The maximum atomic E-state index is 13.1. The van der Waals surface area contributed by atoms with E-state index in [1.807, 2.05) is 36.4 Å². The number of benzene rings is 3. The molecular formula is C26H25N3O3.